The molecule has 0 bridgehead atoms. The van der Waals surface area contributed by atoms with Gasteiger partial charge < -0.3 is 19.3 Å². The van der Waals surface area contributed by atoms with Crippen LogP contribution in [-0.4, -0.2) is 46.4 Å². The minimum atomic E-state index is -1.25. The van der Waals surface area contributed by atoms with Crippen LogP contribution in [0.2, 0.25) is 0 Å². The number of rotatable bonds is 3. The maximum atomic E-state index is 12.6. The van der Waals surface area contributed by atoms with Gasteiger partial charge in [0.2, 0.25) is 0 Å². The normalized spacial score (nSPS) is 43.8. The molecular weight excluding hydrogens is 376 g/mol. The highest BCUT2D eigenvalue weighted by molar-refractivity contribution is 5.87. The molecule has 0 aromatic rings. The van der Waals surface area contributed by atoms with Crippen LogP contribution in [0.25, 0.3) is 0 Å². The van der Waals surface area contributed by atoms with Crippen LogP contribution in [-0.2, 0) is 28.6 Å². The Morgan fingerprint density at radius 1 is 1.31 bits per heavy atom. The molecule has 0 aromatic heterocycles. The van der Waals surface area contributed by atoms with E-state index < -0.39 is 59.0 Å². The molecule has 29 heavy (non-hydrogen) atoms. The van der Waals surface area contributed by atoms with Gasteiger partial charge in [0.25, 0.3) is 0 Å². The van der Waals surface area contributed by atoms with Crippen molar-refractivity contribution in [3.8, 4) is 0 Å². The fourth-order valence-corrected chi connectivity index (χ4v) is 5.20. The van der Waals surface area contributed by atoms with Gasteiger partial charge in [0.15, 0.2) is 0 Å². The highest BCUT2D eigenvalue weighted by atomic mass is 16.6. The monoisotopic (exact) mass is 406 g/mol. The molecule has 1 saturated carbocycles. The highest BCUT2D eigenvalue weighted by Crippen LogP contribution is 2.54. The van der Waals surface area contributed by atoms with Crippen molar-refractivity contribution in [1.82, 2.24) is 0 Å². The summed E-state index contributed by atoms with van der Waals surface area (Å²) in [6, 6.07) is 0. The summed E-state index contributed by atoms with van der Waals surface area (Å²) < 4.78 is 17.3. The van der Waals surface area contributed by atoms with Crippen LogP contribution < -0.4 is 0 Å². The van der Waals surface area contributed by atoms with Gasteiger partial charge in [-0.05, 0) is 27.7 Å². The maximum Gasteiger partial charge on any atom is 0.333 e. The molecule has 0 radical (unpaired) electrons. The van der Waals surface area contributed by atoms with Crippen molar-refractivity contribution in [1.29, 1.82) is 0 Å². The Kier molecular flexibility index (Phi) is 5.41. The third kappa shape index (κ3) is 3.61. The number of carbonyl (C=O) groups is 3. The van der Waals surface area contributed by atoms with E-state index in [0.717, 1.165) is 0 Å². The van der Waals surface area contributed by atoms with Crippen LogP contribution in [0.15, 0.2) is 23.8 Å². The zero-order valence-corrected chi connectivity index (χ0v) is 17.8. The number of allylic oxidation sites excluding steroid dienone is 1. The van der Waals surface area contributed by atoms with Crippen molar-refractivity contribution in [2.24, 2.45) is 23.7 Å². The largest absolute Gasteiger partial charge is 0.461 e. The smallest absolute Gasteiger partial charge is 0.333 e. The van der Waals surface area contributed by atoms with Crippen LogP contribution in [0.5, 0.6) is 0 Å². The van der Waals surface area contributed by atoms with Crippen LogP contribution in [0.3, 0.4) is 0 Å². The lowest BCUT2D eigenvalue weighted by atomic mass is 9.73. The van der Waals surface area contributed by atoms with Gasteiger partial charge in [-0.25, -0.2) is 4.79 Å². The summed E-state index contributed by atoms with van der Waals surface area (Å²) in [5.74, 6) is -3.19. The van der Waals surface area contributed by atoms with E-state index in [1.165, 1.54) is 6.92 Å². The van der Waals surface area contributed by atoms with Gasteiger partial charge in [-0.2, -0.15) is 0 Å². The second-order valence-corrected chi connectivity index (χ2v) is 8.93. The molecule has 7 nitrogen and oxygen atoms in total. The molecule has 7 heteroatoms. The van der Waals surface area contributed by atoms with Crippen LogP contribution >= 0.6 is 0 Å². The van der Waals surface area contributed by atoms with E-state index in [9.17, 15) is 19.5 Å². The van der Waals surface area contributed by atoms with E-state index in [1.807, 2.05) is 6.08 Å². The summed E-state index contributed by atoms with van der Waals surface area (Å²) in [5.41, 5.74) is -1.83. The van der Waals surface area contributed by atoms with Gasteiger partial charge in [-0.15, -0.1) is 0 Å². The first-order chi connectivity index (χ1) is 13.4. The first kappa shape index (κ1) is 21.6. The second-order valence-electron chi connectivity index (χ2n) is 8.93. The predicted molar refractivity (Wildman–Crippen MR) is 103 cm³/mol. The Labute approximate surface area is 171 Å². The number of aliphatic hydroxyl groups is 1. The number of esters is 3. The molecule has 1 heterocycles. The minimum absolute atomic E-state index is 0.207. The van der Waals surface area contributed by atoms with Gasteiger partial charge in [-0.1, -0.05) is 25.2 Å². The molecule has 0 unspecified atom stereocenters. The van der Waals surface area contributed by atoms with Crippen LogP contribution in [0.4, 0.5) is 0 Å². The second kappa shape index (κ2) is 7.27. The van der Waals surface area contributed by atoms with Crippen molar-refractivity contribution in [2.75, 3.05) is 0 Å². The van der Waals surface area contributed by atoms with Gasteiger partial charge in [-0.3, -0.25) is 9.59 Å². The first-order valence-electron chi connectivity index (χ1n) is 10.1. The molecule has 8 atom stereocenters. The molecule has 3 rings (SSSR count). The summed E-state index contributed by atoms with van der Waals surface area (Å²) in [6.07, 6.45) is 4.00. The molecular formula is C22H30O7. The Morgan fingerprint density at radius 2 is 1.97 bits per heavy atom. The molecule has 3 aliphatic rings. The zero-order chi connectivity index (χ0) is 21.7. The molecule has 0 aromatic carbocycles. The SMILES string of the molecule is C/C=C(/C)C(=O)O[C@H]1C[C@](C)(OC(C)=O)[C@H]2C=C[C@](C)(O)[C@H]2[C@@H]2OC(=O)[C@H](C)[C@@H]21. The van der Waals surface area contributed by atoms with Gasteiger partial charge >= 0.3 is 17.9 Å². The molecule has 1 aliphatic heterocycles. The van der Waals surface area contributed by atoms with Crippen molar-refractivity contribution in [3.05, 3.63) is 23.8 Å². The van der Waals surface area contributed by atoms with E-state index in [4.69, 9.17) is 14.2 Å². The Hall–Kier alpha value is -2.15. The molecule has 2 aliphatic carbocycles. The third-order valence-electron chi connectivity index (χ3n) is 6.77. The Balaban J connectivity index is 2.09. The summed E-state index contributed by atoms with van der Waals surface area (Å²) in [6.45, 7) is 9.92. The maximum absolute atomic E-state index is 12.6. The predicted octanol–water partition coefficient (Wildman–Crippen LogP) is 2.32. The lowest BCUT2D eigenvalue weighted by molar-refractivity contribution is -0.171. The number of ether oxygens (including phenoxy) is 3. The Morgan fingerprint density at radius 3 is 2.55 bits per heavy atom. The Bertz CT molecular complexity index is 780. The van der Waals surface area contributed by atoms with Crippen molar-refractivity contribution >= 4 is 17.9 Å². The number of fused-ring (bicyclic) bond motifs is 3. The van der Waals surface area contributed by atoms with E-state index in [1.54, 1.807) is 46.8 Å². The quantitative estimate of drug-likeness (QED) is 0.332. The van der Waals surface area contributed by atoms with Gasteiger partial charge in [0.05, 0.1) is 11.5 Å². The third-order valence-corrected chi connectivity index (χ3v) is 6.77. The van der Waals surface area contributed by atoms with Gasteiger partial charge in [0.1, 0.15) is 17.8 Å². The van der Waals surface area contributed by atoms with Crippen molar-refractivity contribution in [3.63, 3.8) is 0 Å². The standard InChI is InChI=1S/C22H30O7/c1-7-11(2)19(24)27-15-10-22(6,29-13(4)23)14-8-9-21(5,26)17(14)18-16(15)12(3)20(25)28-18/h7-9,12,14-18,26H,10H2,1-6H3/b11-7-/t12-,14+,15+,16-,17-,18-,21+,22+/m1/s1. The lowest BCUT2D eigenvalue weighted by Crippen LogP contribution is -2.49. The molecule has 160 valence electrons. The molecule has 0 amide bonds. The van der Waals surface area contributed by atoms with Gasteiger partial charge in [0, 0.05) is 36.7 Å². The molecule has 1 saturated heterocycles. The van der Waals surface area contributed by atoms with Crippen LogP contribution in [0.1, 0.15) is 48.0 Å². The fraction of sp³-hybridized carbons (Fsp3) is 0.682. The fourth-order valence-electron chi connectivity index (χ4n) is 5.20. The highest BCUT2D eigenvalue weighted by Gasteiger charge is 2.64. The first-order valence-corrected chi connectivity index (χ1v) is 10.1. The number of carbonyl (C=O) groups excluding carboxylic acids is 3. The number of hydrogen-bond acceptors (Lipinski definition) is 7. The van der Waals surface area contributed by atoms with E-state index in [2.05, 4.69) is 0 Å². The summed E-state index contributed by atoms with van der Waals surface area (Å²) in [7, 11) is 0. The number of hydrogen-bond donors (Lipinski definition) is 1. The van der Waals surface area contributed by atoms with E-state index >= 15 is 0 Å². The topological polar surface area (TPSA) is 99.1 Å². The van der Waals surface area contributed by atoms with Crippen LogP contribution in [0, 0.1) is 23.7 Å². The lowest BCUT2D eigenvalue weighted by Gasteiger charge is -2.40. The van der Waals surface area contributed by atoms with E-state index in [0.29, 0.717) is 5.57 Å². The molecule has 2 fully saturated rings. The average molecular weight is 406 g/mol. The minimum Gasteiger partial charge on any atom is -0.461 e. The van der Waals surface area contributed by atoms with Crippen molar-refractivity contribution in [2.45, 2.75) is 71.4 Å². The van der Waals surface area contributed by atoms with E-state index in [-0.39, 0.29) is 12.4 Å². The molecule has 1 N–H and O–H groups in total. The average Bonchev–Trinajstić information content (AvgIpc) is 3.05. The summed E-state index contributed by atoms with van der Waals surface area (Å²) in [5, 5.41) is 11.1. The zero-order valence-electron chi connectivity index (χ0n) is 17.8. The van der Waals surface area contributed by atoms with Crippen molar-refractivity contribution < 1.29 is 33.7 Å². The molecule has 0 spiro atoms. The summed E-state index contributed by atoms with van der Waals surface area (Å²) >= 11 is 0. The summed E-state index contributed by atoms with van der Waals surface area (Å²) in [4.78, 5) is 36.9.